The smallest absolute Gasteiger partial charge is 0.416 e. The molecule has 13 heteroatoms. The number of alkyl halides is 3. The summed E-state index contributed by atoms with van der Waals surface area (Å²) in [6, 6.07) is 6.65. The maximum atomic E-state index is 13.5. The van der Waals surface area contributed by atoms with Gasteiger partial charge in [0.15, 0.2) is 11.5 Å². The van der Waals surface area contributed by atoms with Crippen molar-refractivity contribution >= 4 is 28.5 Å². The molecule has 2 aromatic carbocycles. The van der Waals surface area contributed by atoms with Crippen molar-refractivity contribution in [2.45, 2.75) is 25.1 Å². The average Bonchev–Trinajstić information content (AvgIpc) is 3.61. The number of aromatic nitrogens is 4. The number of anilines is 3. The van der Waals surface area contributed by atoms with E-state index in [2.05, 4.69) is 20.3 Å². The number of aliphatic hydroxyl groups is 1. The van der Waals surface area contributed by atoms with Gasteiger partial charge in [0.25, 0.3) is 0 Å². The summed E-state index contributed by atoms with van der Waals surface area (Å²) in [4.78, 5) is 15.3. The molecule has 2 N–H and O–H groups in total. The number of hydrogen-bond donors (Lipinski definition) is 2. The largest absolute Gasteiger partial charge is 0.493 e. The number of hydrogen-bond acceptors (Lipinski definition) is 9. The number of rotatable bonds is 8. The van der Waals surface area contributed by atoms with Crippen LogP contribution in [-0.4, -0.2) is 65.1 Å². The fourth-order valence-electron chi connectivity index (χ4n) is 4.67. The number of nitrogens with one attached hydrogen (secondary N) is 1. The molecule has 10 nitrogen and oxygen atoms in total. The van der Waals surface area contributed by atoms with Gasteiger partial charge in [0.1, 0.15) is 18.0 Å². The van der Waals surface area contributed by atoms with Crippen LogP contribution in [0.3, 0.4) is 0 Å². The Morgan fingerprint density at radius 3 is 2.44 bits per heavy atom. The third-order valence-electron chi connectivity index (χ3n) is 6.63. The average molecular weight is 545 g/mol. The van der Waals surface area contributed by atoms with Crippen LogP contribution in [0.15, 0.2) is 42.9 Å². The molecular weight excluding hydrogens is 517 g/mol. The third-order valence-corrected chi connectivity index (χ3v) is 6.63. The second-order valence-corrected chi connectivity index (χ2v) is 8.95. The number of fused-ring (bicyclic) bond motifs is 1. The number of benzene rings is 2. The van der Waals surface area contributed by atoms with Crippen LogP contribution in [0, 0.1) is 0 Å². The minimum atomic E-state index is -4.52. The monoisotopic (exact) mass is 544 g/mol. The number of methoxy groups -OCH3 is 3. The lowest BCUT2D eigenvalue weighted by Gasteiger charge is -2.24. The summed E-state index contributed by atoms with van der Waals surface area (Å²) in [6.45, 7) is 0.483. The molecule has 5 rings (SSSR count). The second-order valence-electron chi connectivity index (χ2n) is 8.95. The molecule has 1 aliphatic rings. The highest BCUT2D eigenvalue weighted by molar-refractivity contribution is 5.92. The van der Waals surface area contributed by atoms with Gasteiger partial charge in [0, 0.05) is 24.1 Å². The van der Waals surface area contributed by atoms with Crippen LogP contribution in [-0.2, 0) is 6.18 Å². The van der Waals surface area contributed by atoms with Crippen molar-refractivity contribution in [2.75, 3.05) is 44.7 Å². The van der Waals surface area contributed by atoms with E-state index >= 15 is 0 Å². The van der Waals surface area contributed by atoms with Gasteiger partial charge in [-0.1, -0.05) is 0 Å². The Balaban J connectivity index is 1.55. The van der Waals surface area contributed by atoms with Gasteiger partial charge in [0.2, 0.25) is 11.7 Å². The van der Waals surface area contributed by atoms with Gasteiger partial charge in [-0.15, -0.1) is 0 Å². The van der Waals surface area contributed by atoms with E-state index in [0.717, 1.165) is 25.0 Å². The minimum absolute atomic E-state index is 0.105. The molecule has 3 heterocycles. The van der Waals surface area contributed by atoms with Crippen molar-refractivity contribution in [3.05, 3.63) is 48.4 Å². The van der Waals surface area contributed by atoms with Crippen molar-refractivity contribution < 1.29 is 32.5 Å². The van der Waals surface area contributed by atoms with Gasteiger partial charge < -0.3 is 34.1 Å². The lowest BCUT2D eigenvalue weighted by molar-refractivity contribution is -0.137. The lowest BCUT2D eigenvalue weighted by atomic mass is 10.1. The third kappa shape index (κ3) is 5.09. The molecule has 0 aliphatic carbocycles. The quantitative estimate of drug-likeness (QED) is 0.330. The van der Waals surface area contributed by atoms with Crippen molar-refractivity contribution in [1.82, 2.24) is 19.5 Å². The summed E-state index contributed by atoms with van der Waals surface area (Å²) in [7, 11) is 4.56. The van der Waals surface area contributed by atoms with Crippen LogP contribution in [0.25, 0.3) is 16.6 Å². The molecule has 0 radical (unpaired) electrons. The van der Waals surface area contributed by atoms with E-state index in [1.807, 2.05) is 4.90 Å². The van der Waals surface area contributed by atoms with E-state index in [9.17, 15) is 18.3 Å². The molecule has 2 aromatic heterocycles. The standard InChI is InChI=1S/C26H27F3N6O4/c1-37-20-10-17(11-21(38-2)23(20)39-3)34-12-22(30-14-34)32-24-18-7-6-15(26(27,28)29)9-19(18)31-25(33-24)35-8-4-5-16(35)13-36/h6-7,9-12,14,16,36H,4-5,8,13H2,1-3H3,(H,31,32,33). The van der Waals surface area contributed by atoms with Gasteiger partial charge in [-0.25, -0.2) is 9.97 Å². The van der Waals surface area contributed by atoms with E-state index in [4.69, 9.17) is 14.2 Å². The minimum Gasteiger partial charge on any atom is -0.493 e. The van der Waals surface area contributed by atoms with Crippen LogP contribution in [0.4, 0.5) is 30.8 Å². The van der Waals surface area contributed by atoms with E-state index in [0.29, 0.717) is 46.5 Å². The molecule has 1 atom stereocenters. The summed E-state index contributed by atoms with van der Waals surface area (Å²) >= 11 is 0. The van der Waals surface area contributed by atoms with E-state index in [1.54, 1.807) is 29.2 Å². The maximum absolute atomic E-state index is 13.5. The highest BCUT2D eigenvalue weighted by Crippen LogP contribution is 2.40. The molecule has 0 spiro atoms. The fourth-order valence-corrected chi connectivity index (χ4v) is 4.67. The first-order valence-corrected chi connectivity index (χ1v) is 12.1. The zero-order valence-corrected chi connectivity index (χ0v) is 21.5. The van der Waals surface area contributed by atoms with Crippen molar-refractivity contribution in [3.63, 3.8) is 0 Å². The Hall–Kier alpha value is -4.26. The molecule has 1 unspecified atom stereocenters. The van der Waals surface area contributed by atoms with Crippen molar-refractivity contribution in [3.8, 4) is 22.9 Å². The van der Waals surface area contributed by atoms with Gasteiger partial charge in [-0.3, -0.25) is 0 Å². The summed E-state index contributed by atoms with van der Waals surface area (Å²) in [5.74, 6) is 2.31. The summed E-state index contributed by atoms with van der Waals surface area (Å²) in [6.07, 6.45) is 0.301. The number of imidazole rings is 1. The van der Waals surface area contributed by atoms with Gasteiger partial charge in [-0.05, 0) is 31.0 Å². The molecule has 0 amide bonds. The highest BCUT2D eigenvalue weighted by Gasteiger charge is 2.32. The van der Waals surface area contributed by atoms with Crippen LogP contribution < -0.4 is 24.4 Å². The van der Waals surface area contributed by atoms with Crippen LogP contribution in [0.2, 0.25) is 0 Å². The summed E-state index contributed by atoms with van der Waals surface area (Å²) in [5.41, 5.74) is -0.00154. The molecule has 0 saturated carbocycles. The summed E-state index contributed by atoms with van der Waals surface area (Å²) in [5, 5.41) is 13.3. The van der Waals surface area contributed by atoms with Crippen molar-refractivity contribution in [1.29, 1.82) is 0 Å². The first-order chi connectivity index (χ1) is 18.7. The number of aliphatic hydroxyl groups excluding tert-OH is 1. The maximum Gasteiger partial charge on any atom is 0.416 e. The molecule has 206 valence electrons. The first kappa shape index (κ1) is 26.4. The van der Waals surface area contributed by atoms with Crippen LogP contribution in [0.5, 0.6) is 17.2 Å². The zero-order chi connectivity index (χ0) is 27.7. The molecular formula is C26H27F3N6O4. The number of halogens is 3. The predicted molar refractivity (Wildman–Crippen MR) is 138 cm³/mol. The van der Waals surface area contributed by atoms with E-state index in [1.165, 1.54) is 27.4 Å². The molecule has 1 aliphatic heterocycles. The lowest BCUT2D eigenvalue weighted by Crippen LogP contribution is -2.33. The highest BCUT2D eigenvalue weighted by atomic mass is 19.4. The molecule has 1 fully saturated rings. The number of ether oxygens (including phenoxy) is 3. The Labute approximate surface area is 222 Å². The molecule has 1 saturated heterocycles. The zero-order valence-electron chi connectivity index (χ0n) is 21.5. The Morgan fingerprint density at radius 2 is 1.79 bits per heavy atom. The van der Waals surface area contributed by atoms with Gasteiger partial charge in [-0.2, -0.15) is 18.2 Å². The SMILES string of the molecule is COc1cc(-n2cnc(Nc3nc(N4CCCC4CO)nc4cc(C(F)(F)F)ccc34)c2)cc(OC)c1OC. The van der Waals surface area contributed by atoms with Crippen molar-refractivity contribution in [2.24, 2.45) is 0 Å². The Kier molecular flexibility index (Phi) is 7.08. The predicted octanol–water partition coefficient (Wildman–Crippen LogP) is 4.56. The molecule has 4 aromatic rings. The first-order valence-electron chi connectivity index (χ1n) is 12.1. The topological polar surface area (TPSA) is 107 Å². The second kappa shape index (κ2) is 10.5. The summed E-state index contributed by atoms with van der Waals surface area (Å²) < 4.78 is 58.3. The van der Waals surface area contributed by atoms with Gasteiger partial charge in [0.05, 0.1) is 56.9 Å². The van der Waals surface area contributed by atoms with Gasteiger partial charge >= 0.3 is 6.18 Å². The normalized spacial score (nSPS) is 15.6. The van der Waals surface area contributed by atoms with E-state index in [-0.39, 0.29) is 24.1 Å². The Morgan fingerprint density at radius 1 is 1.05 bits per heavy atom. The van der Waals surface area contributed by atoms with Crippen LogP contribution in [0.1, 0.15) is 18.4 Å². The number of nitrogens with zero attached hydrogens (tertiary/aromatic N) is 5. The Bertz CT molecular complexity index is 1470. The fraction of sp³-hybridized carbons (Fsp3) is 0.346. The molecule has 0 bridgehead atoms. The molecule has 39 heavy (non-hydrogen) atoms. The van der Waals surface area contributed by atoms with Crippen LogP contribution >= 0.6 is 0 Å². The van der Waals surface area contributed by atoms with E-state index < -0.39 is 11.7 Å².